The third kappa shape index (κ3) is 2.84. The van der Waals surface area contributed by atoms with Crippen LogP contribution in [-0.4, -0.2) is 22.9 Å². The van der Waals surface area contributed by atoms with Crippen LogP contribution in [0.3, 0.4) is 0 Å². The first kappa shape index (κ1) is 15.3. The summed E-state index contributed by atoms with van der Waals surface area (Å²) in [6.07, 6.45) is -0.991. The summed E-state index contributed by atoms with van der Waals surface area (Å²) in [5.41, 5.74) is 1.79. The standard InChI is InChI=1S/C19H19NO3/c1-13(15-9-5-3-6-10-15)18(21)20-14(2)17(23-19(20)22)16-11-7-4-8-12-16/h3-14,17H,1-2H3/t13-,14+,17+/m0/s1. The highest BCUT2D eigenvalue weighted by atomic mass is 16.6. The molecule has 0 N–H and O–H groups in total. The number of nitrogens with zero attached hydrogens (tertiary/aromatic N) is 1. The van der Waals surface area contributed by atoms with Crippen molar-refractivity contribution >= 4 is 12.0 Å². The van der Waals surface area contributed by atoms with Crippen LogP contribution in [0.5, 0.6) is 0 Å². The molecule has 0 aliphatic carbocycles. The highest BCUT2D eigenvalue weighted by molar-refractivity contribution is 5.97. The number of hydrogen-bond donors (Lipinski definition) is 0. The van der Waals surface area contributed by atoms with Crippen molar-refractivity contribution in [3.05, 3.63) is 71.8 Å². The molecule has 4 nitrogen and oxygen atoms in total. The molecule has 1 heterocycles. The van der Waals surface area contributed by atoms with Gasteiger partial charge in [-0.05, 0) is 25.0 Å². The van der Waals surface area contributed by atoms with Gasteiger partial charge in [0.2, 0.25) is 5.91 Å². The molecule has 1 saturated heterocycles. The molecule has 2 aromatic rings. The van der Waals surface area contributed by atoms with Crippen LogP contribution in [0.1, 0.15) is 37.0 Å². The molecule has 0 spiro atoms. The molecule has 3 rings (SSSR count). The number of ether oxygens (including phenoxy) is 1. The van der Waals surface area contributed by atoms with Crippen LogP contribution in [0, 0.1) is 0 Å². The normalized spacial score (nSPS) is 21.8. The van der Waals surface area contributed by atoms with Gasteiger partial charge in [-0.1, -0.05) is 60.7 Å². The largest absolute Gasteiger partial charge is 0.439 e. The maximum absolute atomic E-state index is 12.8. The minimum Gasteiger partial charge on any atom is -0.439 e. The maximum Gasteiger partial charge on any atom is 0.417 e. The van der Waals surface area contributed by atoms with E-state index in [4.69, 9.17) is 4.74 Å². The fourth-order valence-corrected chi connectivity index (χ4v) is 2.94. The zero-order valence-corrected chi connectivity index (χ0v) is 13.2. The van der Waals surface area contributed by atoms with Gasteiger partial charge in [-0.25, -0.2) is 9.69 Å². The number of benzene rings is 2. The molecule has 0 aromatic heterocycles. The van der Waals surface area contributed by atoms with Crippen molar-refractivity contribution in [2.75, 3.05) is 0 Å². The van der Waals surface area contributed by atoms with Crippen molar-refractivity contribution in [3.63, 3.8) is 0 Å². The molecule has 0 bridgehead atoms. The Bertz CT molecular complexity index is 699. The molecule has 3 atom stereocenters. The fraction of sp³-hybridized carbons (Fsp3) is 0.263. The molecule has 0 radical (unpaired) electrons. The van der Waals surface area contributed by atoms with E-state index < -0.39 is 12.2 Å². The second kappa shape index (κ2) is 6.24. The van der Waals surface area contributed by atoms with Crippen LogP contribution < -0.4 is 0 Å². The second-order valence-corrected chi connectivity index (χ2v) is 5.80. The highest BCUT2D eigenvalue weighted by Crippen LogP contribution is 2.34. The van der Waals surface area contributed by atoms with Gasteiger partial charge in [0, 0.05) is 0 Å². The van der Waals surface area contributed by atoms with E-state index in [1.54, 1.807) is 0 Å². The Morgan fingerprint density at radius 1 is 1.04 bits per heavy atom. The molecule has 1 fully saturated rings. The Labute approximate surface area is 135 Å². The lowest BCUT2D eigenvalue weighted by Gasteiger charge is -2.22. The Kier molecular flexibility index (Phi) is 4.15. The van der Waals surface area contributed by atoms with Gasteiger partial charge in [0.1, 0.15) is 6.10 Å². The lowest BCUT2D eigenvalue weighted by atomic mass is 9.98. The number of carbonyl (C=O) groups is 2. The summed E-state index contributed by atoms with van der Waals surface area (Å²) in [5.74, 6) is -0.618. The van der Waals surface area contributed by atoms with E-state index >= 15 is 0 Å². The zero-order chi connectivity index (χ0) is 16.4. The molecule has 118 valence electrons. The van der Waals surface area contributed by atoms with Gasteiger partial charge in [-0.2, -0.15) is 0 Å². The van der Waals surface area contributed by atoms with Crippen molar-refractivity contribution in [2.24, 2.45) is 0 Å². The quantitative estimate of drug-likeness (QED) is 0.864. The lowest BCUT2D eigenvalue weighted by molar-refractivity contribution is -0.130. The van der Waals surface area contributed by atoms with E-state index in [1.165, 1.54) is 4.90 Å². The molecule has 23 heavy (non-hydrogen) atoms. The van der Waals surface area contributed by atoms with Gasteiger partial charge in [0.05, 0.1) is 12.0 Å². The summed E-state index contributed by atoms with van der Waals surface area (Å²) in [7, 11) is 0. The number of imide groups is 1. The summed E-state index contributed by atoms with van der Waals surface area (Å²) in [5, 5.41) is 0. The monoisotopic (exact) mass is 309 g/mol. The molecule has 2 amide bonds. The van der Waals surface area contributed by atoms with Gasteiger partial charge in [0.25, 0.3) is 0 Å². The third-order valence-electron chi connectivity index (χ3n) is 4.31. The SMILES string of the molecule is C[C@H](C(=O)N1C(=O)O[C@@H](c2ccccc2)[C@H]1C)c1ccccc1. The van der Waals surface area contributed by atoms with Gasteiger partial charge in [-0.15, -0.1) is 0 Å². The topological polar surface area (TPSA) is 46.6 Å². The van der Waals surface area contributed by atoms with Crippen molar-refractivity contribution in [2.45, 2.75) is 31.9 Å². The minimum atomic E-state index is -0.570. The van der Waals surface area contributed by atoms with E-state index in [0.717, 1.165) is 11.1 Å². The first-order valence-electron chi connectivity index (χ1n) is 7.73. The van der Waals surface area contributed by atoms with Crippen LogP contribution in [0.25, 0.3) is 0 Å². The molecule has 1 aliphatic heterocycles. The van der Waals surface area contributed by atoms with Crippen molar-refractivity contribution in [1.82, 2.24) is 4.90 Å². The van der Waals surface area contributed by atoms with Crippen LogP contribution in [-0.2, 0) is 9.53 Å². The molecule has 1 aliphatic rings. The molecule has 0 unspecified atom stereocenters. The first-order chi connectivity index (χ1) is 11.1. The van der Waals surface area contributed by atoms with Gasteiger partial charge >= 0.3 is 6.09 Å². The summed E-state index contributed by atoms with van der Waals surface area (Å²) >= 11 is 0. The molecule has 0 saturated carbocycles. The van der Waals surface area contributed by atoms with Gasteiger partial charge in [-0.3, -0.25) is 4.79 Å². The molecule has 2 aromatic carbocycles. The predicted molar refractivity (Wildman–Crippen MR) is 86.8 cm³/mol. The number of amides is 2. The predicted octanol–water partition coefficient (Wildman–Crippen LogP) is 3.90. The lowest BCUT2D eigenvalue weighted by Crippen LogP contribution is -2.40. The molecule has 4 heteroatoms. The number of hydrogen-bond acceptors (Lipinski definition) is 3. The van der Waals surface area contributed by atoms with E-state index in [9.17, 15) is 9.59 Å². The summed E-state index contributed by atoms with van der Waals surface area (Å²) in [6.45, 7) is 3.66. The Balaban J connectivity index is 1.83. The number of rotatable bonds is 3. The summed E-state index contributed by atoms with van der Waals surface area (Å²) < 4.78 is 5.45. The van der Waals surface area contributed by atoms with Crippen LogP contribution in [0.15, 0.2) is 60.7 Å². The summed E-state index contributed by atoms with van der Waals surface area (Å²) in [4.78, 5) is 26.2. The summed E-state index contributed by atoms with van der Waals surface area (Å²) in [6, 6.07) is 18.6. The van der Waals surface area contributed by atoms with E-state index in [1.807, 2.05) is 74.5 Å². The smallest absolute Gasteiger partial charge is 0.417 e. The third-order valence-corrected chi connectivity index (χ3v) is 4.31. The fourth-order valence-electron chi connectivity index (χ4n) is 2.94. The van der Waals surface area contributed by atoms with Gasteiger partial charge < -0.3 is 4.74 Å². The van der Waals surface area contributed by atoms with Crippen molar-refractivity contribution in [3.8, 4) is 0 Å². The highest BCUT2D eigenvalue weighted by Gasteiger charge is 2.44. The second-order valence-electron chi connectivity index (χ2n) is 5.80. The van der Waals surface area contributed by atoms with Crippen LogP contribution in [0.2, 0.25) is 0 Å². The van der Waals surface area contributed by atoms with Crippen LogP contribution >= 0.6 is 0 Å². The number of carbonyl (C=O) groups excluding carboxylic acids is 2. The van der Waals surface area contributed by atoms with Gasteiger partial charge in [0.15, 0.2) is 0 Å². The van der Waals surface area contributed by atoms with Crippen LogP contribution in [0.4, 0.5) is 4.79 Å². The Hall–Kier alpha value is -2.62. The van der Waals surface area contributed by atoms with Crippen molar-refractivity contribution < 1.29 is 14.3 Å². The average Bonchev–Trinajstić information content (AvgIpc) is 2.89. The Morgan fingerprint density at radius 2 is 1.61 bits per heavy atom. The average molecular weight is 309 g/mol. The van der Waals surface area contributed by atoms with E-state index in [2.05, 4.69) is 0 Å². The Morgan fingerprint density at radius 3 is 2.22 bits per heavy atom. The maximum atomic E-state index is 12.8. The first-order valence-corrected chi connectivity index (χ1v) is 7.73. The van der Waals surface area contributed by atoms with E-state index in [0.29, 0.717) is 0 Å². The minimum absolute atomic E-state index is 0.230. The molecular formula is C19H19NO3. The zero-order valence-electron chi connectivity index (χ0n) is 13.2. The van der Waals surface area contributed by atoms with Crippen molar-refractivity contribution in [1.29, 1.82) is 0 Å². The van der Waals surface area contributed by atoms with E-state index in [-0.39, 0.29) is 17.9 Å². The number of cyclic esters (lactones) is 1. The molecular weight excluding hydrogens is 290 g/mol.